The summed E-state index contributed by atoms with van der Waals surface area (Å²) in [6.07, 6.45) is 2.69. The monoisotopic (exact) mass is 376 g/mol. The quantitative estimate of drug-likeness (QED) is 0.724. The maximum absolute atomic E-state index is 12.4. The molecule has 0 aliphatic heterocycles. The Morgan fingerprint density at radius 1 is 0.962 bits per heavy atom. The predicted octanol–water partition coefficient (Wildman–Crippen LogP) is 0.836. The molecule has 0 spiro atoms. The summed E-state index contributed by atoms with van der Waals surface area (Å²) in [6.45, 7) is 6.20. The normalized spacial score (nSPS) is 10.3. The summed E-state index contributed by atoms with van der Waals surface area (Å²) in [4.78, 5) is 49.4. The Bertz CT molecular complexity index is 984. The van der Waals surface area contributed by atoms with E-state index in [0.717, 1.165) is 9.13 Å². The summed E-state index contributed by atoms with van der Waals surface area (Å²) in [6, 6.07) is 6.54. The van der Waals surface area contributed by atoms with Crippen LogP contribution in [0.3, 0.4) is 0 Å². The van der Waals surface area contributed by atoms with Gasteiger partial charge in [0.1, 0.15) is 6.54 Å². The largest absolute Gasteiger partial charge is 0.337 e. The molecule has 1 aromatic carbocycles. The van der Waals surface area contributed by atoms with Gasteiger partial charge in [-0.05, 0) is 12.1 Å². The third-order valence-electron chi connectivity index (χ3n) is 3.46. The molecule has 8 nitrogen and oxygen atoms in total. The number of carbonyl (C=O) groups excluding carboxylic acids is 1. The van der Waals surface area contributed by atoms with E-state index in [0.29, 0.717) is 15.3 Å². The maximum Gasteiger partial charge on any atom is 0.337 e. The van der Waals surface area contributed by atoms with E-state index in [1.165, 1.54) is 12.2 Å². The van der Waals surface area contributed by atoms with Crippen molar-refractivity contribution in [1.29, 1.82) is 0 Å². The Morgan fingerprint density at radius 3 is 1.96 bits per heavy atom. The number of para-hydroxylation sites is 1. The van der Waals surface area contributed by atoms with Crippen molar-refractivity contribution in [1.82, 2.24) is 13.7 Å². The van der Waals surface area contributed by atoms with Gasteiger partial charge in [-0.25, -0.2) is 28.1 Å². The highest BCUT2D eigenvalue weighted by Gasteiger charge is 2.17. The number of nitrogens with zero attached hydrogens (tertiary/aromatic N) is 3. The molecular weight excluding hydrogens is 360 g/mol. The van der Waals surface area contributed by atoms with Gasteiger partial charge in [0, 0.05) is 0 Å². The molecule has 2 rings (SSSR count). The van der Waals surface area contributed by atoms with E-state index >= 15 is 0 Å². The number of hydrogen-bond acceptors (Lipinski definition) is 4. The molecule has 1 aromatic heterocycles. The zero-order chi connectivity index (χ0) is 19.3. The highest BCUT2D eigenvalue weighted by atomic mass is 35.5. The number of carbonyl (C=O) groups is 1. The molecule has 0 aliphatic rings. The first kappa shape index (κ1) is 19.2. The van der Waals surface area contributed by atoms with Crippen LogP contribution in [0.15, 0.2) is 64.0 Å². The van der Waals surface area contributed by atoms with Crippen molar-refractivity contribution in [3.63, 3.8) is 0 Å². The van der Waals surface area contributed by atoms with Crippen LogP contribution in [0.5, 0.6) is 0 Å². The molecule has 0 bridgehead atoms. The van der Waals surface area contributed by atoms with Crippen LogP contribution in [0, 0.1) is 0 Å². The fraction of sp³-hybridized carbons (Fsp3) is 0.176. The van der Waals surface area contributed by atoms with Gasteiger partial charge in [-0.2, -0.15) is 0 Å². The fourth-order valence-electron chi connectivity index (χ4n) is 2.28. The zero-order valence-electron chi connectivity index (χ0n) is 13.9. The second-order valence-corrected chi connectivity index (χ2v) is 5.67. The van der Waals surface area contributed by atoms with Gasteiger partial charge in [0.25, 0.3) is 0 Å². The first-order chi connectivity index (χ1) is 12.4. The van der Waals surface area contributed by atoms with Gasteiger partial charge >= 0.3 is 17.1 Å². The molecule has 2 aromatic rings. The van der Waals surface area contributed by atoms with Gasteiger partial charge in [0.2, 0.25) is 5.91 Å². The van der Waals surface area contributed by atoms with Crippen LogP contribution >= 0.6 is 11.6 Å². The first-order valence-electron chi connectivity index (χ1n) is 7.61. The molecule has 1 amide bonds. The van der Waals surface area contributed by atoms with Crippen LogP contribution in [0.2, 0.25) is 5.02 Å². The lowest BCUT2D eigenvalue weighted by molar-refractivity contribution is -0.116. The molecule has 0 unspecified atom stereocenters. The van der Waals surface area contributed by atoms with Crippen LogP contribution in [0.4, 0.5) is 5.69 Å². The summed E-state index contributed by atoms with van der Waals surface area (Å²) < 4.78 is 2.32. The number of allylic oxidation sites excluding steroid dienone is 2. The number of anilines is 1. The second-order valence-electron chi connectivity index (χ2n) is 5.26. The van der Waals surface area contributed by atoms with Crippen LogP contribution in [0.25, 0.3) is 0 Å². The number of rotatable bonds is 7. The average Bonchev–Trinajstić information content (AvgIpc) is 2.61. The van der Waals surface area contributed by atoms with Crippen LogP contribution in [-0.4, -0.2) is 19.6 Å². The molecule has 0 fully saturated rings. The van der Waals surface area contributed by atoms with Crippen LogP contribution in [0.1, 0.15) is 0 Å². The minimum Gasteiger partial charge on any atom is -0.323 e. The summed E-state index contributed by atoms with van der Waals surface area (Å²) in [7, 11) is 0. The van der Waals surface area contributed by atoms with Gasteiger partial charge in [0.15, 0.2) is 0 Å². The molecule has 0 radical (unpaired) electrons. The molecule has 26 heavy (non-hydrogen) atoms. The molecule has 9 heteroatoms. The SMILES string of the molecule is C=CCn1c(=O)n(CC=C)c(=O)n(CC(=O)Nc2ccccc2Cl)c1=O. The number of aromatic nitrogens is 3. The van der Waals surface area contributed by atoms with Crippen molar-refractivity contribution in [3.05, 3.63) is 86.1 Å². The first-order valence-corrected chi connectivity index (χ1v) is 7.99. The van der Waals surface area contributed by atoms with Gasteiger partial charge < -0.3 is 5.32 Å². The number of nitrogens with one attached hydrogen (secondary N) is 1. The molecule has 0 atom stereocenters. The van der Waals surface area contributed by atoms with Crippen molar-refractivity contribution in [2.75, 3.05) is 5.32 Å². The van der Waals surface area contributed by atoms with E-state index < -0.39 is 29.5 Å². The molecule has 1 N–H and O–H groups in total. The Kier molecular flexibility index (Phi) is 6.13. The highest BCUT2D eigenvalue weighted by Crippen LogP contribution is 2.20. The Morgan fingerprint density at radius 2 is 1.46 bits per heavy atom. The summed E-state index contributed by atoms with van der Waals surface area (Å²) in [5, 5.41) is 2.84. The third-order valence-corrected chi connectivity index (χ3v) is 3.79. The van der Waals surface area contributed by atoms with Gasteiger partial charge in [-0.1, -0.05) is 35.9 Å². The lowest BCUT2D eigenvalue weighted by Gasteiger charge is -2.12. The van der Waals surface area contributed by atoms with E-state index in [4.69, 9.17) is 11.6 Å². The number of halogens is 1. The van der Waals surface area contributed by atoms with Crippen molar-refractivity contribution in [2.45, 2.75) is 19.6 Å². The molecule has 0 aliphatic carbocycles. The van der Waals surface area contributed by atoms with Gasteiger partial charge in [-0.3, -0.25) is 4.79 Å². The number of benzene rings is 1. The summed E-state index contributed by atoms with van der Waals surface area (Å²) in [5.74, 6) is -0.633. The molecule has 0 saturated heterocycles. The zero-order valence-corrected chi connectivity index (χ0v) is 14.6. The minimum absolute atomic E-state index is 0.0960. The lowest BCUT2D eigenvalue weighted by Crippen LogP contribution is -2.55. The smallest absolute Gasteiger partial charge is 0.323 e. The third kappa shape index (κ3) is 3.92. The van der Waals surface area contributed by atoms with Crippen LogP contribution in [-0.2, 0) is 24.4 Å². The molecular formula is C17H17ClN4O4. The topological polar surface area (TPSA) is 95.1 Å². The van der Waals surface area contributed by atoms with E-state index in [1.54, 1.807) is 24.3 Å². The van der Waals surface area contributed by atoms with E-state index in [9.17, 15) is 19.2 Å². The van der Waals surface area contributed by atoms with Crippen molar-refractivity contribution >= 4 is 23.2 Å². The lowest BCUT2D eigenvalue weighted by atomic mass is 10.3. The maximum atomic E-state index is 12.4. The second kappa shape index (κ2) is 8.30. The minimum atomic E-state index is -0.894. The Labute approximate surface area is 153 Å². The Balaban J connectivity index is 2.47. The molecule has 136 valence electrons. The summed E-state index contributed by atoms with van der Waals surface area (Å²) in [5.41, 5.74) is -2.23. The van der Waals surface area contributed by atoms with E-state index in [1.807, 2.05) is 0 Å². The van der Waals surface area contributed by atoms with Gasteiger partial charge in [0.05, 0.1) is 23.8 Å². The fourth-order valence-corrected chi connectivity index (χ4v) is 2.47. The predicted molar refractivity (Wildman–Crippen MR) is 99.7 cm³/mol. The number of amides is 1. The van der Waals surface area contributed by atoms with Crippen molar-refractivity contribution in [2.24, 2.45) is 0 Å². The van der Waals surface area contributed by atoms with E-state index in [-0.39, 0.29) is 13.1 Å². The molecule has 0 saturated carbocycles. The standard InChI is InChI=1S/C17H17ClN4O4/c1-3-9-20-15(24)21(10-4-2)17(26)22(16(20)25)11-14(23)19-13-8-6-5-7-12(13)18/h3-8H,1-2,9-11H2,(H,19,23). The van der Waals surface area contributed by atoms with Gasteiger partial charge in [-0.15, -0.1) is 13.2 Å². The average molecular weight is 377 g/mol. The van der Waals surface area contributed by atoms with Crippen molar-refractivity contribution < 1.29 is 4.79 Å². The highest BCUT2D eigenvalue weighted by molar-refractivity contribution is 6.33. The van der Waals surface area contributed by atoms with E-state index in [2.05, 4.69) is 18.5 Å². The summed E-state index contributed by atoms with van der Waals surface area (Å²) >= 11 is 5.97. The Hall–Kier alpha value is -3.13. The molecule has 1 heterocycles. The van der Waals surface area contributed by atoms with Crippen molar-refractivity contribution in [3.8, 4) is 0 Å². The van der Waals surface area contributed by atoms with Crippen LogP contribution < -0.4 is 22.4 Å². The number of hydrogen-bond donors (Lipinski definition) is 1.